The van der Waals surface area contributed by atoms with Crippen molar-refractivity contribution in [1.82, 2.24) is 0 Å². The zero-order valence-corrected chi connectivity index (χ0v) is 13.6. The molecule has 0 spiro atoms. The molecule has 1 aromatic carbocycles. The molecule has 1 aromatic rings. The lowest BCUT2D eigenvalue weighted by Crippen LogP contribution is -3.14. The van der Waals surface area contributed by atoms with Crippen LogP contribution in [0.15, 0.2) is 24.3 Å². The van der Waals surface area contributed by atoms with Crippen LogP contribution in [0.5, 0.6) is 0 Å². The molecular weight excluding hydrogens is 301 g/mol. The van der Waals surface area contributed by atoms with Crippen molar-refractivity contribution < 1.29 is 29.3 Å². The van der Waals surface area contributed by atoms with E-state index in [9.17, 15) is 19.1 Å². The first-order valence-corrected chi connectivity index (χ1v) is 7.89. The predicted octanol–water partition coefficient (Wildman–Crippen LogP) is -2.24. The Morgan fingerprint density at radius 2 is 1.87 bits per heavy atom. The number of likely N-dealkylation sites (N-methyl/N-ethyl adjacent to an activating group) is 1. The number of hydrogen-bond acceptors (Lipinski definition) is 3. The Morgan fingerprint density at radius 3 is 2.39 bits per heavy atom. The first-order valence-electron chi connectivity index (χ1n) is 7.89. The van der Waals surface area contributed by atoms with Crippen LogP contribution in [0.4, 0.5) is 10.1 Å². The van der Waals surface area contributed by atoms with E-state index in [-0.39, 0.29) is 6.42 Å². The second kappa shape index (κ2) is 9.91. The van der Waals surface area contributed by atoms with Crippen molar-refractivity contribution in [2.45, 2.75) is 26.3 Å². The molecule has 1 rings (SSSR count). The summed E-state index contributed by atoms with van der Waals surface area (Å²) in [5, 5.41) is 15.4. The average Bonchev–Trinajstić information content (AvgIpc) is 2.52. The summed E-state index contributed by atoms with van der Waals surface area (Å²) < 4.78 is 12.8. The van der Waals surface area contributed by atoms with Gasteiger partial charge in [-0.1, -0.05) is 0 Å². The summed E-state index contributed by atoms with van der Waals surface area (Å²) >= 11 is 0. The number of carbonyl (C=O) groups is 2. The van der Waals surface area contributed by atoms with Gasteiger partial charge in [0.2, 0.25) is 5.91 Å². The zero-order chi connectivity index (χ0) is 17.2. The van der Waals surface area contributed by atoms with E-state index >= 15 is 0 Å². The summed E-state index contributed by atoms with van der Waals surface area (Å²) in [5.41, 5.74) is 0.432. The number of amides is 1. The number of quaternary nitrogens is 2. The summed E-state index contributed by atoms with van der Waals surface area (Å²) in [4.78, 5) is 24.4. The number of aliphatic carboxylic acids is 1. The monoisotopic (exact) mass is 326 g/mol. The van der Waals surface area contributed by atoms with Gasteiger partial charge in [0, 0.05) is 5.69 Å². The molecular formula is C16H25FN3O3+. The highest BCUT2D eigenvalue weighted by Gasteiger charge is 2.19. The fourth-order valence-electron chi connectivity index (χ4n) is 2.30. The maximum Gasteiger partial charge on any atom is 0.230 e. The standard InChI is InChI=1S/C16H24FN3O3/c1-3-20(4-2)10-9-18-14(16(22)23)11-15(21)19-13-7-5-12(17)6-8-13/h5-8,14,18H,3-4,9-11H2,1-2H3,(H,19,21)(H,22,23)/p+1/t14-/m1/s1. The normalized spacial score (nSPS) is 12.2. The molecule has 0 unspecified atom stereocenters. The summed E-state index contributed by atoms with van der Waals surface area (Å²) in [6, 6.07) is 4.38. The van der Waals surface area contributed by atoms with Crippen molar-refractivity contribution >= 4 is 17.6 Å². The van der Waals surface area contributed by atoms with Crippen LogP contribution in [-0.4, -0.2) is 44.1 Å². The Balaban J connectivity index is 2.46. The number of nitrogens with two attached hydrogens (primary N) is 1. The zero-order valence-electron chi connectivity index (χ0n) is 13.6. The van der Waals surface area contributed by atoms with Gasteiger partial charge < -0.3 is 25.4 Å². The number of carbonyl (C=O) groups excluding carboxylic acids is 2. The number of carboxylic acid groups (broad SMARTS) is 1. The van der Waals surface area contributed by atoms with Gasteiger partial charge in [-0.15, -0.1) is 0 Å². The Bertz CT molecular complexity index is 504. The van der Waals surface area contributed by atoms with E-state index in [1.807, 2.05) is 0 Å². The molecule has 0 saturated carbocycles. The maximum atomic E-state index is 12.8. The van der Waals surface area contributed by atoms with Gasteiger partial charge in [-0.25, -0.2) is 4.39 Å². The molecule has 0 aliphatic rings. The highest BCUT2D eigenvalue weighted by atomic mass is 19.1. The number of halogens is 1. The molecule has 0 aromatic heterocycles. The van der Waals surface area contributed by atoms with E-state index in [0.29, 0.717) is 12.2 Å². The molecule has 6 nitrogen and oxygen atoms in total. The third kappa shape index (κ3) is 7.21. The van der Waals surface area contributed by atoms with Gasteiger partial charge in [0.1, 0.15) is 24.9 Å². The lowest BCUT2D eigenvalue weighted by molar-refractivity contribution is -0.910. The topological polar surface area (TPSA) is 90.3 Å². The molecule has 128 valence electrons. The van der Waals surface area contributed by atoms with Crippen LogP contribution in [0.2, 0.25) is 0 Å². The van der Waals surface area contributed by atoms with E-state index in [1.165, 1.54) is 29.2 Å². The minimum absolute atomic E-state index is 0.187. The lowest BCUT2D eigenvalue weighted by atomic mass is 10.2. The van der Waals surface area contributed by atoms with Crippen LogP contribution >= 0.6 is 0 Å². The van der Waals surface area contributed by atoms with Crippen LogP contribution < -0.4 is 20.6 Å². The minimum atomic E-state index is -1.26. The highest BCUT2D eigenvalue weighted by Crippen LogP contribution is 2.08. The molecule has 0 aliphatic carbocycles. The van der Waals surface area contributed by atoms with E-state index < -0.39 is 23.7 Å². The molecule has 7 heteroatoms. The number of rotatable bonds is 10. The quantitative estimate of drug-likeness (QED) is 0.454. The molecule has 0 saturated heterocycles. The van der Waals surface area contributed by atoms with E-state index in [1.54, 1.807) is 5.32 Å². The molecule has 0 bridgehead atoms. The maximum absolute atomic E-state index is 12.8. The molecule has 1 atom stereocenters. The number of hydrogen-bond donors (Lipinski definition) is 3. The molecule has 0 fully saturated rings. The number of nitrogens with one attached hydrogen (secondary N) is 2. The van der Waals surface area contributed by atoms with Gasteiger partial charge in [0.25, 0.3) is 0 Å². The van der Waals surface area contributed by atoms with Gasteiger partial charge in [-0.2, -0.15) is 0 Å². The molecule has 0 heterocycles. The van der Waals surface area contributed by atoms with Crippen LogP contribution in [0, 0.1) is 5.82 Å². The van der Waals surface area contributed by atoms with Crippen LogP contribution in [-0.2, 0) is 9.59 Å². The lowest BCUT2D eigenvalue weighted by Gasteiger charge is -2.19. The van der Waals surface area contributed by atoms with Crippen molar-refractivity contribution in [1.29, 1.82) is 0 Å². The van der Waals surface area contributed by atoms with Crippen molar-refractivity contribution in [3.8, 4) is 0 Å². The van der Waals surface area contributed by atoms with Crippen LogP contribution in [0.1, 0.15) is 20.3 Å². The van der Waals surface area contributed by atoms with Crippen molar-refractivity contribution in [3.63, 3.8) is 0 Å². The van der Waals surface area contributed by atoms with Crippen molar-refractivity contribution in [2.75, 3.05) is 31.5 Å². The van der Waals surface area contributed by atoms with Crippen molar-refractivity contribution in [2.24, 2.45) is 0 Å². The molecule has 23 heavy (non-hydrogen) atoms. The van der Waals surface area contributed by atoms with Gasteiger partial charge in [0.05, 0.1) is 25.5 Å². The van der Waals surface area contributed by atoms with Crippen molar-refractivity contribution in [3.05, 3.63) is 30.1 Å². The van der Waals surface area contributed by atoms with Crippen LogP contribution in [0.25, 0.3) is 0 Å². The fourth-order valence-corrected chi connectivity index (χ4v) is 2.30. The molecule has 1 amide bonds. The van der Waals surface area contributed by atoms with E-state index in [2.05, 4.69) is 19.2 Å². The SMILES string of the molecule is CC[NH+](CC)CC[NH2+][C@H](CC(=O)Nc1ccc(F)cc1)C(=O)[O-]. The largest absolute Gasteiger partial charge is 0.544 e. The highest BCUT2D eigenvalue weighted by molar-refractivity contribution is 5.93. The number of carboxylic acids is 1. The van der Waals surface area contributed by atoms with Crippen LogP contribution in [0.3, 0.4) is 0 Å². The summed E-state index contributed by atoms with van der Waals surface area (Å²) in [7, 11) is 0. The number of benzene rings is 1. The average molecular weight is 326 g/mol. The molecule has 0 radical (unpaired) electrons. The molecule has 0 aliphatic heterocycles. The van der Waals surface area contributed by atoms with Gasteiger partial charge in [-0.3, -0.25) is 4.79 Å². The second-order valence-corrected chi connectivity index (χ2v) is 5.42. The minimum Gasteiger partial charge on any atom is -0.544 e. The van der Waals surface area contributed by atoms with E-state index in [0.717, 1.165) is 19.6 Å². The van der Waals surface area contributed by atoms with Gasteiger partial charge in [-0.05, 0) is 38.1 Å². The third-order valence-electron chi connectivity index (χ3n) is 3.79. The first kappa shape index (κ1) is 19.1. The summed E-state index contributed by atoms with van der Waals surface area (Å²) in [6.45, 7) is 7.54. The third-order valence-corrected chi connectivity index (χ3v) is 3.79. The Labute approximate surface area is 135 Å². The Kier molecular flexibility index (Phi) is 8.21. The van der Waals surface area contributed by atoms with Gasteiger partial charge in [0.15, 0.2) is 0 Å². The smallest absolute Gasteiger partial charge is 0.230 e. The Hall–Kier alpha value is -1.99. The first-order chi connectivity index (χ1) is 11.0. The second-order valence-electron chi connectivity index (χ2n) is 5.42. The van der Waals surface area contributed by atoms with Gasteiger partial charge >= 0.3 is 0 Å². The fraction of sp³-hybridized carbons (Fsp3) is 0.500. The number of anilines is 1. The molecule has 4 N–H and O–H groups in total. The predicted molar refractivity (Wildman–Crippen MR) is 82.1 cm³/mol. The summed E-state index contributed by atoms with van der Waals surface area (Å²) in [6.07, 6.45) is -0.187. The van der Waals surface area contributed by atoms with E-state index in [4.69, 9.17) is 0 Å². The Morgan fingerprint density at radius 1 is 1.26 bits per heavy atom. The summed E-state index contributed by atoms with van der Waals surface area (Å²) in [5.74, 6) is -2.09.